The largest absolute Gasteiger partial charge is 0.378 e. The maximum absolute atomic E-state index is 12.4. The fourth-order valence-corrected chi connectivity index (χ4v) is 3.80. The lowest BCUT2D eigenvalue weighted by atomic mass is 9.87. The lowest BCUT2D eigenvalue weighted by molar-refractivity contribution is -0.117. The summed E-state index contributed by atoms with van der Waals surface area (Å²) < 4.78 is 5.40. The number of carbonyl (C=O) groups excluding carboxylic acids is 1. The van der Waals surface area contributed by atoms with Crippen molar-refractivity contribution in [3.63, 3.8) is 0 Å². The summed E-state index contributed by atoms with van der Waals surface area (Å²) in [5.74, 6) is 1.67. The van der Waals surface area contributed by atoms with E-state index in [9.17, 15) is 4.79 Å². The van der Waals surface area contributed by atoms with Gasteiger partial charge in [0.15, 0.2) is 0 Å². The molecule has 1 aliphatic heterocycles. The quantitative estimate of drug-likeness (QED) is 0.918. The van der Waals surface area contributed by atoms with Crippen molar-refractivity contribution in [2.45, 2.75) is 52.4 Å². The highest BCUT2D eigenvalue weighted by Gasteiger charge is 2.19. The van der Waals surface area contributed by atoms with Gasteiger partial charge in [-0.1, -0.05) is 19.3 Å². The fraction of sp³-hybridized carbons (Fsp3) is 0.684. The summed E-state index contributed by atoms with van der Waals surface area (Å²) >= 11 is 0. The molecule has 3 rings (SSSR count). The minimum absolute atomic E-state index is 0.133. The Morgan fingerprint density at radius 2 is 1.96 bits per heavy atom. The van der Waals surface area contributed by atoms with E-state index in [0.717, 1.165) is 49.1 Å². The van der Waals surface area contributed by atoms with Gasteiger partial charge in [0.25, 0.3) is 0 Å². The van der Waals surface area contributed by atoms with E-state index in [2.05, 4.69) is 23.2 Å². The van der Waals surface area contributed by atoms with Gasteiger partial charge in [0, 0.05) is 19.5 Å². The Bertz CT molecular complexity index is 553. The molecule has 1 N–H and O–H groups in total. The summed E-state index contributed by atoms with van der Waals surface area (Å²) in [6, 6.07) is 2.08. The number of amides is 1. The Morgan fingerprint density at radius 3 is 2.62 bits per heavy atom. The molecule has 1 aromatic heterocycles. The molecule has 24 heavy (non-hydrogen) atoms. The average Bonchev–Trinajstić information content (AvgIpc) is 2.59. The molecule has 1 saturated carbocycles. The van der Waals surface area contributed by atoms with Gasteiger partial charge in [-0.2, -0.15) is 0 Å². The van der Waals surface area contributed by atoms with E-state index in [1.807, 2.05) is 6.92 Å². The van der Waals surface area contributed by atoms with E-state index in [1.165, 1.54) is 32.1 Å². The highest BCUT2D eigenvalue weighted by atomic mass is 16.5. The Labute approximate surface area is 144 Å². The summed E-state index contributed by atoms with van der Waals surface area (Å²) in [6.07, 6.45) is 6.89. The molecule has 0 unspecified atom stereocenters. The van der Waals surface area contributed by atoms with Gasteiger partial charge < -0.3 is 15.0 Å². The summed E-state index contributed by atoms with van der Waals surface area (Å²) in [6.45, 7) is 7.28. The first kappa shape index (κ1) is 17.2. The van der Waals surface area contributed by atoms with Gasteiger partial charge >= 0.3 is 0 Å². The third-order valence-electron chi connectivity index (χ3n) is 5.18. The van der Waals surface area contributed by atoms with Gasteiger partial charge in [-0.25, -0.2) is 4.98 Å². The summed E-state index contributed by atoms with van der Waals surface area (Å²) in [5, 5.41) is 3.11. The molecule has 2 aliphatic rings. The van der Waals surface area contributed by atoms with Gasteiger partial charge in [-0.3, -0.25) is 4.79 Å². The van der Waals surface area contributed by atoms with Crippen molar-refractivity contribution >= 4 is 17.4 Å². The summed E-state index contributed by atoms with van der Waals surface area (Å²) in [7, 11) is 0. The molecule has 1 amide bonds. The van der Waals surface area contributed by atoms with Gasteiger partial charge in [0.1, 0.15) is 5.82 Å². The van der Waals surface area contributed by atoms with Crippen LogP contribution in [0.1, 0.15) is 49.8 Å². The van der Waals surface area contributed by atoms with E-state index >= 15 is 0 Å². The standard InChI is InChI=1S/C19H29N3O2/c1-14-12-17(22-8-10-24-11-9-22)20-15(2)19(14)21-18(23)13-16-6-4-3-5-7-16/h12,16H,3-11,13H2,1-2H3,(H,21,23). The number of ether oxygens (including phenoxy) is 1. The molecule has 0 aromatic carbocycles. The van der Waals surface area contributed by atoms with E-state index < -0.39 is 0 Å². The number of nitrogens with one attached hydrogen (secondary N) is 1. The van der Waals surface area contributed by atoms with Crippen LogP contribution in [0.4, 0.5) is 11.5 Å². The van der Waals surface area contributed by atoms with Crippen molar-refractivity contribution < 1.29 is 9.53 Å². The predicted molar refractivity (Wildman–Crippen MR) is 96.6 cm³/mol. The summed E-state index contributed by atoms with van der Waals surface area (Å²) in [4.78, 5) is 19.4. The number of rotatable bonds is 4. The first-order valence-electron chi connectivity index (χ1n) is 9.24. The molecule has 1 aromatic rings. The van der Waals surface area contributed by atoms with Crippen LogP contribution in [0.5, 0.6) is 0 Å². The molecule has 5 nitrogen and oxygen atoms in total. The number of aromatic nitrogens is 1. The zero-order chi connectivity index (χ0) is 16.9. The maximum Gasteiger partial charge on any atom is 0.224 e. The first-order valence-corrected chi connectivity index (χ1v) is 9.24. The first-order chi connectivity index (χ1) is 11.6. The summed E-state index contributed by atoms with van der Waals surface area (Å²) in [5.41, 5.74) is 2.86. The Kier molecular flexibility index (Phi) is 5.72. The number of hydrogen-bond donors (Lipinski definition) is 1. The highest BCUT2D eigenvalue weighted by molar-refractivity contribution is 5.92. The van der Waals surface area contributed by atoms with Crippen LogP contribution in [-0.2, 0) is 9.53 Å². The second-order valence-corrected chi connectivity index (χ2v) is 7.11. The topological polar surface area (TPSA) is 54.5 Å². The van der Waals surface area contributed by atoms with Crippen LogP contribution in [0.3, 0.4) is 0 Å². The third-order valence-corrected chi connectivity index (χ3v) is 5.18. The van der Waals surface area contributed by atoms with Crippen molar-refractivity contribution in [2.24, 2.45) is 5.92 Å². The molecule has 1 saturated heterocycles. The van der Waals surface area contributed by atoms with E-state index in [0.29, 0.717) is 12.3 Å². The monoisotopic (exact) mass is 331 g/mol. The molecule has 1 aliphatic carbocycles. The van der Waals surface area contributed by atoms with E-state index in [4.69, 9.17) is 9.72 Å². The molecule has 2 fully saturated rings. The van der Waals surface area contributed by atoms with E-state index in [-0.39, 0.29) is 5.91 Å². The molecule has 0 bridgehead atoms. The van der Waals surface area contributed by atoms with Crippen LogP contribution >= 0.6 is 0 Å². The SMILES string of the molecule is Cc1cc(N2CCOCC2)nc(C)c1NC(=O)CC1CCCCC1. The van der Waals surface area contributed by atoms with Gasteiger partial charge in [-0.15, -0.1) is 0 Å². The van der Waals surface area contributed by atoms with Crippen molar-refractivity contribution in [3.8, 4) is 0 Å². The smallest absolute Gasteiger partial charge is 0.224 e. The zero-order valence-electron chi connectivity index (χ0n) is 14.9. The van der Waals surface area contributed by atoms with Crippen LogP contribution in [0.2, 0.25) is 0 Å². The van der Waals surface area contributed by atoms with Crippen LogP contribution in [0, 0.1) is 19.8 Å². The van der Waals surface area contributed by atoms with Crippen molar-refractivity contribution in [2.75, 3.05) is 36.5 Å². The number of pyridine rings is 1. The molecule has 5 heteroatoms. The van der Waals surface area contributed by atoms with Gasteiger partial charge in [0.05, 0.1) is 24.6 Å². The van der Waals surface area contributed by atoms with Crippen molar-refractivity contribution in [3.05, 3.63) is 17.3 Å². The second-order valence-electron chi connectivity index (χ2n) is 7.11. The maximum atomic E-state index is 12.4. The number of aryl methyl sites for hydroxylation is 2. The normalized spacial score (nSPS) is 19.3. The van der Waals surface area contributed by atoms with Gasteiger partial charge in [-0.05, 0) is 44.2 Å². The molecule has 0 radical (unpaired) electrons. The van der Waals surface area contributed by atoms with Crippen molar-refractivity contribution in [1.82, 2.24) is 4.98 Å². The third kappa shape index (κ3) is 4.26. The predicted octanol–water partition coefficient (Wildman–Crippen LogP) is 3.44. The lowest BCUT2D eigenvalue weighted by Crippen LogP contribution is -2.37. The number of morpholine rings is 1. The average molecular weight is 331 g/mol. The number of nitrogens with zero attached hydrogens (tertiary/aromatic N) is 2. The zero-order valence-corrected chi connectivity index (χ0v) is 14.9. The fourth-order valence-electron chi connectivity index (χ4n) is 3.80. The van der Waals surface area contributed by atoms with Crippen LogP contribution in [-0.4, -0.2) is 37.2 Å². The highest BCUT2D eigenvalue weighted by Crippen LogP contribution is 2.28. The van der Waals surface area contributed by atoms with Crippen LogP contribution < -0.4 is 10.2 Å². The second kappa shape index (κ2) is 7.97. The van der Waals surface area contributed by atoms with Gasteiger partial charge in [0.2, 0.25) is 5.91 Å². The molecule has 0 atom stereocenters. The molecule has 2 heterocycles. The molecular weight excluding hydrogens is 302 g/mol. The minimum atomic E-state index is 0.133. The van der Waals surface area contributed by atoms with Crippen molar-refractivity contribution in [1.29, 1.82) is 0 Å². The Morgan fingerprint density at radius 1 is 1.25 bits per heavy atom. The Balaban J connectivity index is 1.65. The van der Waals surface area contributed by atoms with E-state index in [1.54, 1.807) is 0 Å². The van der Waals surface area contributed by atoms with Crippen LogP contribution in [0.25, 0.3) is 0 Å². The van der Waals surface area contributed by atoms with Crippen LogP contribution in [0.15, 0.2) is 6.07 Å². The molecular formula is C19H29N3O2. The number of hydrogen-bond acceptors (Lipinski definition) is 4. The number of carbonyl (C=O) groups is 1. The number of anilines is 2. The molecule has 132 valence electrons. The lowest BCUT2D eigenvalue weighted by Gasteiger charge is -2.29. The Hall–Kier alpha value is -1.62. The minimum Gasteiger partial charge on any atom is -0.378 e. The molecule has 0 spiro atoms.